The van der Waals surface area contributed by atoms with E-state index in [2.05, 4.69) is 19.2 Å². The number of unbranched alkanes of at least 4 members (excludes halogenated alkanes) is 43. The first-order valence-corrected chi connectivity index (χ1v) is 28.8. The maximum Gasteiger partial charge on any atom is 0.305 e. The van der Waals surface area contributed by atoms with Gasteiger partial charge in [0.15, 0.2) is 0 Å². The Balaban J connectivity index is 3.38. The van der Waals surface area contributed by atoms with Gasteiger partial charge in [0.1, 0.15) is 0 Å². The van der Waals surface area contributed by atoms with Gasteiger partial charge < -0.3 is 20.3 Å². The van der Waals surface area contributed by atoms with Crippen molar-refractivity contribution in [3.63, 3.8) is 0 Å². The van der Waals surface area contributed by atoms with Gasteiger partial charge in [0, 0.05) is 12.8 Å². The number of hydrogen-bond donors (Lipinski definition) is 3. The number of aliphatic hydroxyl groups is 2. The zero-order chi connectivity index (χ0) is 45.8. The molecule has 63 heavy (non-hydrogen) atoms. The van der Waals surface area contributed by atoms with Crippen molar-refractivity contribution in [3.8, 4) is 0 Å². The molecule has 0 aromatic rings. The number of carbonyl (C=O) groups is 2. The molecule has 1 amide bonds. The predicted molar refractivity (Wildman–Crippen MR) is 274 cm³/mol. The van der Waals surface area contributed by atoms with Crippen LogP contribution in [0.4, 0.5) is 0 Å². The van der Waals surface area contributed by atoms with E-state index < -0.39 is 12.1 Å². The minimum atomic E-state index is -0.663. The summed E-state index contributed by atoms with van der Waals surface area (Å²) in [5, 5.41) is 23.2. The van der Waals surface area contributed by atoms with Crippen LogP contribution in [0.2, 0.25) is 0 Å². The van der Waals surface area contributed by atoms with Crippen molar-refractivity contribution < 1.29 is 24.5 Å². The van der Waals surface area contributed by atoms with Crippen LogP contribution in [0.5, 0.6) is 0 Å². The molecule has 0 spiro atoms. The van der Waals surface area contributed by atoms with E-state index in [0.29, 0.717) is 25.9 Å². The van der Waals surface area contributed by atoms with Gasteiger partial charge in [0.2, 0.25) is 5.91 Å². The highest BCUT2D eigenvalue weighted by molar-refractivity contribution is 5.76. The Labute approximate surface area is 394 Å². The quantitative estimate of drug-likeness (QED) is 0.0418. The Morgan fingerprint density at radius 3 is 0.968 bits per heavy atom. The topological polar surface area (TPSA) is 95.9 Å². The Bertz CT molecular complexity index is 898. The normalized spacial score (nSPS) is 12.5. The highest BCUT2D eigenvalue weighted by Gasteiger charge is 2.20. The third-order valence-corrected chi connectivity index (χ3v) is 13.7. The standard InChI is InChI=1S/C57H113NO5/c1-3-5-7-9-11-13-15-17-26-29-33-37-41-45-49-55(60)54(53-59)58-56(61)50-46-42-38-34-30-27-24-22-20-18-19-21-23-25-28-32-36-40-44-48-52-63-57(62)51-47-43-39-35-31-16-14-12-10-8-6-4-2/h54-55,59-60H,3-53H2,1-2H3,(H,58,61). The van der Waals surface area contributed by atoms with Gasteiger partial charge in [-0.05, 0) is 25.7 Å². The fourth-order valence-electron chi connectivity index (χ4n) is 9.23. The molecule has 0 rings (SSSR count). The average molecular weight is 893 g/mol. The minimum Gasteiger partial charge on any atom is -0.466 e. The second-order valence-electron chi connectivity index (χ2n) is 20.0. The molecule has 2 atom stereocenters. The van der Waals surface area contributed by atoms with Crippen LogP contribution in [0.25, 0.3) is 0 Å². The zero-order valence-electron chi connectivity index (χ0n) is 42.8. The first kappa shape index (κ1) is 61.9. The van der Waals surface area contributed by atoms with E-state index >= 15 is 0 Å². The molecule has 0 aliphatic heterocycles. The highest BCUT2D eigenvalue weighted by Crippen LogP contribution is 2.18. The van der Waals surface area contributed by atoms with Gasteiger partial charge in [0.25, 0.3) is 0 Å². The third-order valence-electron chi connectivity index (χ3n) is 13.7. The molecule has 3 N–H and O–H groups in total. The summed E-state index contributed by atoms with van der Waals surface area (Å²) < 4.78 is 5.47. The lowest BCUT2D eigenvalue weighted by Gasteiger charge is -2.22. The highest BCUT2D eigenvalue weighted by atomic mass is 16.5. The summed E-state index contributed by atoms with van der Waals surface area (Å²) in [5.41, 5.74) is 0. The molecular weight excluding hydrogens is 779 g/mol. The van der Waals surface area contributed by atoms with Crippen molar-refractivity contribution in [1.29, 1.82) is 0 Å². The molecule has 0 aromatic carbocycles. The van der Waals surface area contributed by atoms with Crippen LogP contribution in [0.1, 0.15) is 328 Å². The molecule has 0 aliphatic carbocycles. The Kier molecular flexibility index (Phi) is 52.5. The summed E-state index contributed by atoms with van der Waals surface area (Å²) in [7, 11) is 0. The van der Waals surface area contributed by atoms with Gasteiger partial charge in [-0.25, -0.2) is 0 Å². The molecule has 6 nitrogen and oxygen atoms in total. The van der Waals surface area contributed by atoms with Crippen LogP contribution in [-0.4, -0.2) is 47.4 Å². The SMILES string of the molecule is CCCCCCCCCCCCCCCCC(O)C(CO)NC(=O)CCCCCCCCCCCCCCCCCCCCCCOC(=O)CCCCCCCCCCCCCC. The zero-order valence-corrected chi connectivity index (χ0v) is 42.8. The lowest BCUT2D eigenvalue weighted by atomic mass is 10.0. The fraction of sp³-hybridized carbons (Fsp3) is 0.965. The van der Waals surface area contributed by atoms with Crippen molar-refractivity contribution in [2.45, 2.75) is 341 Å². The number of rotatable bonds is 54. The van der Waals surface area contributed by atoms with Gasteiger partial charge in [-0.3, -0.25) is 9.59 Å². The van der Waals surface area contributed by atoms with Gasteiger partial charge >= 0.3 is 5.97 Å². The number of esters is 1. The van der Waals surface area contributed by atoms with E-state index in [1.165, 1.54) is 257 Å². The molecule has 6 heteroatoms. The molecule has 0 saturated heterocycles. The average Bonchev–Trinajstić information content (AvgIpc) is 3.28. The van der Waals surface area contributed by atoms with E-state index in [0.717, 1.165) is 38.5 Å². The van der Waals surface area contributed by atoms with Gasteiger partial charge in [-0.15, -0.1) is 0 Å². The second kappa shape index (κ2) is 53.5. The van der Waals surface area contributed by atoms with E-state index in [1.54, 1.807) is 0 Å². The fourth-order valence-corrected chi connectivity index (χ4v) is 9.23. The number of hydrogen-bond acceptors (Lipinski definition) is 5. The van der Waals surface area contributed by atoms with Crippen LogP contribution in [0.3, 0.4) is 0 Å². The number of nitrogens with one attached hydrogen (secondary N) is 1. The van der Waals surface area contributed by atoms with Crippen LogP contribution in [-0.2, 0) is 14.3 Å². The molecule has 0 aromatic heterocycles. The van der Waals surface area contributed by atoms with Crippen LogP contribution < -0.4 is 5.32 Å². The molecule has 0 fully saturated rings. The van der Waals surface area contributed by atoms with Gasteiger partial charge in [-0.2, -0.15) is 0 Å². The molecule has 376 valence electrons. The maximum atomic E-state index is 12.5. The molecular formula is C57H113NO5. The summed E-state index contributed by atoms with van der Waals surface area (Å²) in [6.07, 6.45) is 60.9. The largest absolute Gasteiger partial charge is 0.466 e. The predicted octanol–water partition coefficient (Wildman–Crippen LogP) is 17.5. The summed E-state index contributed by atoms with van der Waals surface area (Å²) in [6.45, 7) is 4.97. The summed E-state index contributed by atoms with van der Waals surface area (Å²) in [5.74, 6) is -0.0225. The van der Waals surface area contributed by atoms with E-state index in [1.807, 2.05) is 0 Å². The number of aliphatic hydroxyl groups excluding tert-OH is 2. The molecule has 0 radical (unpaired) electrons. The smallest absolute Gasteiger partial charge is 0.305 e. The molecule has 0 aliphatic rings. The first-order chi connectivity index (χ1) is 31.0. The molecule has 0 bridgehead atoms. The third kappa shape index (κ3) is 50.1. The molecule has 2 unspecified atom stereocenters. The summed E-state index contributed by atoms with van der Waals surface area (Å²) in [4.78, 5) is 24.5. The maximum absolute atomic E-state index is 12.5. The first-order valence-electron chi connectivity index (χ1n) is 28.8. The molecule has 0 saturated carbocycles. The van der Waals surface area contributed by atoms with Crippen molar-refractivity contribution >= 4 is 11.9 Å². The van der Waals surface area contributed by atoms with Crippen molar-refractivity contribution in [2.75, 3.05) is 13.2 Å². The van der Waals surface area contributed by atoms with Crippen molar-refractivity contribution in [1.82, 2.24) is 5.32 Å². The second-order valence-corrected chi connectivity index (χ2v) is 20.0. The Morgan fingerprint density at radius 1 is 0.381 bits per heavy atom. The van der Waals surface area contributed by atoms with Crippen molar-refractivity contribution in [3.05, 3.63) is 0 Å². The summed E-state index contributed by atoms with van der Waals surface area (Å²) >= 11 is 0. The van der Waals surface area contributed by atoms with E-state index in [-0.39, 0.29) is 18.5 Å². The van der Waals surface area contributed by atoms with E-state index in [4.69, 9.17) is 4.74 Å². The minimum absolute atomic E-state index is 0.0120. The Hall–Kier alpha value is -1.14. The van der Waals surface area contributed by atoms with Crippen LogP contribution >= 0.6 is 0 Å². The number of ether oxygens (including phenoxy) is 1. The van der Waals surface area contributed by atoms with Gasteiger partial charge in [-0.1, -0.05) is 290 Å². The lowest BCUT2D eigenvalue weighted by Crippen LogP contribution is -2.45. The van der Waals surface area contributed by atoms with Crippen LogP contribution in [0.15, 0.2) is 0 Å². The Morgan fingerprint density at radius 2 is 0.651 bits per heavy atom. The van der Waals surface area contributed by atoms with Crippen LogP contribution in [0, 0.1) is 0 Å². The van der Waals surface area contributed by atoms with E-state index in [9.17, 15) is 19.8 Å². The van der Waals surface area contributed by atoms with Crippen molar-refractivity contribution in [2.24, 2.45) is 0 Å². The summed E-state index contributed by atoms with van der Waals surface area (Å²) in [6, 6.07) is -0.541. The lowest BCUT2D eigenvalue weighted by molar-refractivity contribution is -0.143. The monoisotopic (exact) mass is 892 g/mol. The number of carbonyl (C=O) groups excluding carboxylic acids is 2. The van der Waals surface area contributed by atoms with Gasteiger partial charge in [0.05, 0.1) is 25.4 Å². The molecule has 0 heterocycles. The number of amides is 1.